The third-order valence-corrected chi connectivity index (χ3v) is 4.89. The average molecular weight is 214 g/mol. The van der Waals surface area contributed by atoms with Crippen LogP contribution in [0.4, 0.5) is 0 Å². The Hall–Kier alpha value is -0.0400. The second-order valence-electron chi connectivity index (χ2n) is 6.74. The Balaban J connectivity index is 5.07. The van der Waals surface area contributed by atoms with Gasteiger partial charge in [-0.1, -0.05) is 55.4 Å². The van der Waals surface area contributed by atoms with Gasteiger partial charge in [0.2, 0.25) is 0 Å². The standard InChI is InChI=1S/C14H30O/c1-9-14(8,10-2)11(15)13(6,7)12(3,4)5/h11,15H,9-10H2,1-8H3. The summed E-state index contributed by atoms with van der Waals surface area (Å²) in [5.74, 6) is 0. The third kappa shape index (κ3) is 2.75. The molecule has 1 nitrogen and oxygen atoms in total. The molecule has 0 amide bonds. The van der Waals surface area contributed by atoms with Crippen LogP contribution in [0.15, 0.2) is 0 Å². The highest BCUT2D eigenvalue weighted by atomic mass is 16.3. The van der Waals surface area contributed by atoms with E-state index in [0.29, 0.717) is 0 Å². The predicted octanol–water partition coefficient (Wildman–Crippen LogP) is 4.25. The largest absolute Gasteiger partial charge is 0.392 e. The van der Waals surface area contributed by atoms with Crippen LogP contribution in [0.1, 0.15) is 68.2 Å². The zero-order valence-corrected chi connectivity index (χ0v) is 11.9. The lowest BCUT2D eigenvalue weighted by Gasteiger charge is -2.49. The number of aliphatic hydroxyl groups excluding tert-OH is 1. The normalized spacial score (nSPS) is 16.6. The van der Waals surface area contributed by atoms with Crippen LogP contribution in [0.3, 0.4) is 0 Å². The molecule has 0 aromatic heterocycles. The number of hydrogen-bond donors (Lipinski definition) is 1. The molecule has 0 aromatic carbocycles. The molecule has 0 rings (SSSR count). The van der Waals surface area contributed by atoms with Gasteiger partial charge in [0.05, 0.1) is 6.10 Å². The summed E-state index contributed by atoms with van der Waals surface area (Å²) in [6.07, 6.45) is 1.81. The number of aliphatic hydroxyl groups is 1. The molecule has 0 aliphatic heterocycles. The molecule has 0 spiro atoms. The van der Waals surface area contributed by atoms with Crippen molar-refractivity contribution in [2.45, 2.75) is 74.3 Å². The topological polar surface area (TPSA) is 20.2 Å². The van der Waals surface area contributed by atoms with Gasteiger partial charge in [0.25, 0.3) is 0 Å². The summed E-state index contributed by atoms with van der Waals surface area (Å²) in [4.78, 5) is 0. The van der Waals surface area contributed by atoms with Gasteiger partial charge in [-0.15, -0.1) is 0 Å². The van der Waals surface area contributed by atoms with Gasteiger partial charge in [-0.3, -0.25) is 0 Å². The Labute approximate surface area is 96.3 Å². The Morgan fingerprint density at radius 1 is 0.867 bits per heavy atom. The lowest BCUT2D eigenvalue weighted by atomic mass is 9.58. The molecule has 0 aliphatic rings. The van der Waals surface area contributed by atoms with Crippen molar-refractivity contribution in [1.82, 2.24) is 0 Å². The molecule has 0 aliphatic carbocycles. The summed E-state index contributed by atoms with van der Waals surface area (Å²) in [7, 11) is 0. The van der Waals surface area contributed by atoms with Crippen molar-refractivity contribution in [3.8, 4) is 0 Å². The average Bonchev–Trinajstić information content (AvgIpc) is 2.13. The molecule has 0 aromatic rings. The van der Waals surface area contributed by atoms with E-state index < -0.39 is 0 Å². The van der Waals surface area contributed by atoms with Crippen molar-refractivity contribution < 1.29 is 5.11 Å². The molecule has 0 saturated carbocycles. The first-order valence-corrected chi connectivity index (χ1v) is 6.21. The van der Waals surface area contributed by atoms with E-state index in [1.807, 2.05) is 0 Å². The second kappa shape index (κ2) is 4.45. The Kier molecular flexibility index (Phi) is 4.44. The third-order valence-electron chi connectivity index (χ3n) is 4.89. The Morgan fingerprint density at radius 3 is 1.40 bits per heavy atom. The van der Waals surface area contributed by atoms with Crippen LogP contribution in [0.5, 0.6) is 0 Å². The fourth-order valence-electron chi connectivity index (χ4n) is 1.92. The van der Waals surface area contributed by atoms with Crippen LogP contribution in [0.2, 0.25) is 0 Å². The molecule has 1 heteroatoms. The maximum absolute atomic E-state index is 10.6. The van der Waals surface area contributed by atoms with Crippen LogP contribution in [0.25, 0.3) is 0 Å². The molecule has 1 atom stereocenters. The second-order valence-corrected chi connectivity index (χ2v) is 6.74. The van der Waals surface area contributed by atoms with Crippen LogP contribution >= 0.6 is 0 Å². The zero-order chi connectivity index (χ0) is 12.5. The van der Waals surface area contributed by atoms with Gasteiger partial charge in [-0.2, -0.15) is 0 Å². The highest BCUT2D eigenvalue weighted by Crippen LogP contribution is 2.48. The molecule has 0 heterocycles. The first kappa shape index (κ1) is 15.0. The van der Waals surface area contributed by atoms with E-state index in [9.17, 15) is 5.11 Å². The van der Waals surface area contributed by atoms with Crippen molar-refractivity contribution in [3.63, 3.8) is 0 Å². The van der Waals surface area contributed by atoms with E-state index in [-0.39, 0.29) is 22.3 Å². The fraction of sp³-hybridized carbons (Fsp3) is 1.00. The molecule has 0 bridgehead atoms. The minimum atomic E-state index is -0.250. The van der Waals surface area contributed by atoms with Gasteiger partial charge < -0.3 is 5.11 Å². The van der Waals surface area contributed by atoms with E-state index in [4.69, 9.17) is 0 Å². The van der Waals surface area contributed by atoms with Crippen molar-refractivity contribution in [2.24, 2.45) is 16.2 Å². The van der Waals surface area contributed by atoms with Crippen molar-refractivity contribution in [1.29, 1.82) is 0 Å². The SMILES string of the molecule is CCC(C)(CC)C(O)C(C)(C)C(C)(C)C. The summed E-state index contributed by atoms with van der Waals surface area (Å²) >= 11 is 0. The maximum atomic E-state index is 10.6. The van der Waals surface area contributed by atoms with Crippen LogP contribution in [-0.2, 0) is 0 Å². The minimum absolute atomic E-state index is 0.0385. The van der Waals surface area contributed by atoms with E-state index in [1.54, 1.807) is 0 Å². The van der Waals surface area contributed by atoms with Gasteiger partial charge >= 0.3 is 0 Å². The molecule has 0 fully saturated rings. The summed E-state index contributed by atoms with van der Waals surface area (Å²) in [5.41, 5.74) is 0.0998. The molecule has 0 saturated heterocycles. The van der Waals surface area contributed by atoms with Crippen molar-refractivity contribution in [3.05, 3.63) is 0 Å². The minimum Gasteiger partial charge on any atom is -0.392 e. The molecular formula is C14H30O. The van der Waals surface area contributed by atoms with Gasteiger partial charge in [0, 0.05) is 0 Å². The van der Waals surface area contributed by atoms with E-state index in [2.05, 4.69) is 55.4 Å². The summed E-state index contributed by atoms with van der Waals surface area (Å²) in [5, 5.41) is 10.6. The molecule has 0 radical (unpaired) electrons. The highest BCUT2D eigenvalue weighted by molar-refractivity contribution is 4.96. The summed E-state index contributed by atoms with van der Waals surface area (Å²) in [6.45, 7) is 17.5. The maximum Gasteiger partial charge on any atom is 0.0649 e. The first-order chi connectivity index (χ1) is 6.53. The number of rotatable bonds is 4. The quantitative estimate of drug-likeness (QED) is 0.742. The van der Waals surface area contributed by atoms with E-state index in [1.165, 1.54) is 0 Å². The smallest absolute Gasteiger partial charge is 0.0649 e. The predicted molar refractivity (Wildman–Crippen MR) is 67.9 cm³/mol. The summed E-state index contributed by atoms with van der Waals surface area (Å²) in [6, 6.07) is 0. The van der Waals surface area contributed by atoms with Crippen LogP contribution < -0.4 is 0 Å². The lowest BCUT2D eigenvalue weighted by molar-refractivity contribution is -0.102. The van der Waals surface area contributed by atoms with E-state index in [0.717, 1.165) is 12.8 Å². The van der Waals surface area contributed by atoms with Crippen molar-refractivity contribution in [2.75, 3.05) is 0 Å². The van der Waals surface area contributed by atoms with Crippen molar-refractivity contribution >= 4 is 0 Å². The van der Waals surface area contributed by atoms with Crippen LogP contribution in [0, 0.1) is 16.2 Å². The molecule has 1 unspecified atom stereocenters. The van der Waals surface area contributed by atoms with E-state index >= 15 is 0 Å². The van der Waals surface area contributed by atoms with Crippen LogP contribution in [-0.4, -0.2) is 11.2 Å². The van der Waals surface area contributed by atoms with Gasteiger partial charge in [-0.05, 0) is 29.1 Å². The lowest BCUT2D eigenvalue weighted by Crippen LogP contribution is -2.49. The Morgan fingerprint density at radius 2 is 1.20 bits per heavy atom. The fourth-order valence-corrected chi connectivity index (χ4v) is 1.92. The zero-order valence-electron chi connectivity index (χ0n) is 11.9. The molecule has 92 valence electrons. The summed E-state index contributed by atoms with van der Waals surface area (Å²) < 4.78 is 0. The molecule has 15 heavy (non-hydrogen) atoms. The highest BCUT2D eigenvalue weighted by Gasteiger charge is 2.46. The number of hydrogen-bond acceptors (Lipinski definition) is 1. The van der Waals surface area contributed by atoms with Gasteiger partial charge in [0.15, 0.2) is 0 Å². The molecular weight excluding hydrogens is 184 g/mol. The Bertz CT molecular complexity index is 194. The van der Waals surface area contributed by atoms with Gasteiger partial charge in [-0.25, -0.2) is 0 Å². The first-order valence-electron chi connectivity index (χ1n) is 6.21. The van der Waals surface area contributed by atoms with Gasteiger partial charge in [0.1, 0.15) is 0 Å². The molecule has 1 N–H and O–H groups in total. The monoisotopic (exact) mass is 214 g/mol.